The number of benzene rings is 1. The molecule has 0 aliphatic heterocycles. The highest BCUT2D eigenvalue weighted by Gasteiger charge is 2.13. The summed E-state index contributed by atoms with van der Waals surface area (Å²) < 4.78 is 1.55. The molecule has 1 heterocycles. The number of amides is 2. The van der Waals surface area contributed by atoms with E-state index < -0.39 is 0 Å². The minimum atomic E-state index is -0.218. The maximum Gasteiger partial charge on any atom is 0.251 e. The van der Waals surface area contributed by atoms with Crippen LogP contribution < -0.4 is 16.0 Å². The van der Waals surface area contributed by atoms with Crippen LogP contribution in [0.2, 0.25) is 0 Å². The lowest BCUT2D eigenvalue weighted by molar-refractivity contribution is -0.115. The molecule has 1 unspecified atom stereocenters. The van der Waals surface area contributed by atoms with Crippen LogP contribution in [0.5, 0.6) is 0 Å². The summed E-state index contributed by atoms with van der Waals surface area (Å²) in [5.74, 6) is 0.251. The highest BCUT2D eigenvalue weighted by atomic mass is 16.2. The SMILES string of the molecule is CCNC(=O)c1cccc(NC(=O)CNC(C)c2nnnn2C)c1. The van der Waals surface area contributed by atoms with Gasteiger partial charge in [-0.25, -0.2) is 4.68 Å². The number of anilines is 1. The maximum atomic E-state index is 12.0. The first-order chi connectivity index (χ1) is 11.5. The Morgan fingerprint density at radius 1 is 1.33 bits per heavy atom. The minimum absolute atomic E-state index is 0.0966. The first-order valence-electron chi connectivity index (χ1n) is 7.65. The van der Waals surface area contributed by atoms with Gasteiger partial charge in [0.2, 0.25) is 5.91 Å². The van der Waals surface area contributed by atoms with Gasteiger partial charge in [0.05, 0.1) is 12.6 Å². The van der Waals surface area contributed by atoms with E-state index in [1.165, 1.54) is 0 Å². The fraction of sp³-hybridized carbons (Fsp3) is 0.400. The summed E-state index contributed by atoms with van der Waals surface area (Å²) in [6.07, 6.45) is 0. The van der Waals surface area contributed by atoms with Crippen molar-refractivity contribution in [2.45, 2.75) is 19.9 Å². The van der Waals surface area contributed by atoms with Gasteiger partial charge < -0.3 is 10.6 Å². The third-order valence-corrected chi connectivity index (χ3v) is 3.35. The Kier molecular flexibility index (Phi) is 5.96. The number of aromatic nitrogens is 4. The predicted molar refractivity (Wildman–Crippen MR) is 88.3 cm³/mol. The smallest absolute Gasteiger partial charge is 0.251 e. The normalized spacial score (nSPS) is 11.8. The van der Waals surface area contributed by atoms with Gasteiger partial charge in [-0.2, -0.15) is 0 Å². The number of carbonyl (C=O) groups is 2. The van der Waals surface area contributed by atoms with Crippen molar-refractivity contribution in [1.29, 1.82) is 0 Å². The van der Waals surface area contributed by atoms with Gasteiger partial charge in [0, 0.05) is 24.8 Å². The average Bonchev–Trinajstić information content (AvgIpc) is 2.99. The third-order valence-electron chi connectivity index (χ3n) is 3.35. The monoisotopic (exact) mass is 331 g/mol. The quantitative estimate of drug-likeness (QED) is 0.670. The van der Waals surface area contributed by atoms with E-state index in [2.05, 4.69) is 31.5 Å². The van der Waals surface area contributed by atoms with Crippen molar-refractivity contribution in [3.63, 3.8) is 0 Å². The largest absolute Gasteiger partial charge is 0.352 e. The van der Waals surface area contributed by atoms with Crippen LogP contribution in [-0.4, -0.2) is 45.1 Å². The fourth-order valence-electron chi connectivity index (χ4n) is 2.15. The molecule has 1 aromatic heterocycles. The van der Waals surface area contributed by atoms with Gasteiger partial charge in [0.15, 0.2) is 5.82 Å². The van der Waals surface area contributed by atoms with Crippen molar-refractivity contribution in [3.05, 3.63) is 35.7 Å². The molecule has 1 atom stereocenters. The molecule has 0 aliphatic carbocycles. The number of rotatable bonds is 7. The van der Waals surface area contributed by atoms with Crippen LogP contribution in [0.3, 0.4) is 0 Å². The Morgan fingerprint density at radius 3 is 2.79 bits per heavy atom. The molecule has 0 bridgehead atoms. The summed E-state index contributed by atoms with van der Waals surface area (Å²) in [6.45, 7) is 4.37. The zero-order valence-electron chi connectivity index (χ0n) is 13.9. The van der Waals surface area contributed by atoms with Crippen LogP contribution in [0.1, 0.15) is 36.1 Å². The molecule has 128 valence electrons. The summed E-state index contributed by atoms with van der Waals surface area (Å²) >= 11 is 0. The minimum Gasteiger partial charge on any atom is -0.352 e. The second-order valence-corrected chi connectivity index (χ2v) is 5.25. The standard InChI is InChI=1S/C15H21N7O2/c1-4-16-15(24)11-6-5-7-12(8-11)18-13(23)9-17-10(2)14-19-20-21-22(14)3/h5-8,10,17H,4,9H2,1-3H3,(H,16,24)(H,18,23). The van der Waals surface area contributed by atoms with E-state index in [0.29, 0.717) is 23.6 Å². The summed E-state index contributed by atoms with van der Waals surface area (Å²) in [5, 5.41) is 19.7. The molecule has 0 radical (unpaired) electrons. The lowest BCUT2D eigenvalue weighted by Gasteiger charge is -2.12. The maximum absolute atomic E-state index is 12.0. The van der Waals surface area contributed by atoms with Gasteiger partial charge >= 0.3 is 0 Å². The second-order valence-electron chi connectivity index (χ2n) is 5.25. The summed E-state index contributed by atoms with van der Waals surface area (Å²) in [5.41, 5.74) is 1.07. The van der Waals surface area contributed by atoms with Crippen molar-refractivity contribution in [2.75, 3.05) is 18.4 Å². The topological polar surface area (TPSA) is 114 Å². The molecule has 0 saturated heterocycles. The fourth-order valence-corrected chi connectivity index (χ4v) is 2.15. The second kappa shape index (κ2) is 8.16. The molecule has 0 spiro atoms. The number of nitrogens with one attached hydrogen (secondary N) is 3. The zero-order chi connectivity index (χ0) is 17.5. The van der Waals surface area contributed by atoms with Gasteiger partial charge in [0.25, 0.3) is 5.91 Å². The number of tetrazole rings is 1. The van der Waals surface area contributed by atoms with Crippen LogP contribution in [0.4, 0.5) is 5.69 Å². The Labute approximate surface area is 139 Å². The Balaban J connectivity index is 1.89. The molecule has 0 aliphatic rings. The van der Waals surface area contributed by atoms with E-state index >= 15 is 0 Å². The van der Waals surface area contributed by atoms with Gasteiger partial charge in [-0.05, 0) is 42.5 Å². The molecule has 2 amide bonds. The van der Waals surface area contributed by atoms with Crippen LogP contribution in [0.25, 0.3) is 0 Å². The predicted octanol–water partition coefficient (Wildman–Crippen LogP) is 0.249. The molecule has 0 saturated carbocycles. The lowest BCUT2D eigenvalue weighted by atomic mass is 10.2. The first-order valence-corrected chi connectivity index (χ1v) is 7.65. The van der Waals surface area contributed by atoms with Crippen molar-refractivity contribution in [1.82, 2.24) is 30.8 Å². The molecule has 9 heteroatoms. The highest BCUT2D eigenvalue weighted by molar-refractivity contribution is 5.97. The lowest BCUT2D eigenvalue weighted by Crippen LogP contribution is -2.31. The number of aryl methyl sites for hydroxylation is 1. The first kappa shape index (κ1) is 17.5. The number of hydrogen-bond donors (Lipinski definition) is 3. The van der Waals surface area contributed by atoms with Gasteiger partial charge in [-0.15, -0.1) is 5.10 Å². The Hall–Kier alpha value is -2.81. The number of hydrogen-bond acceptors (Lipinski definition) is 6. The molecular formula is C15H21N7O2. The third kappa shape index (κ3) is 4.59. The van der Waals surface area contributed by atoms with E-state index in [4.69, 9.17) is 0 Å². The van der Waals surface area contributed by atoms with Crippen LogP contribution in [0, 0.1) is 0 Å². The number of nitrogens with zero attached hydrogens (tertiary/aromatic N) is 4. The van der Waals surface area contributed by atoms with Gasteiger partial charge in [0.1, 0.15) is 0 Å². The molecular weight excluding hydrogens is 310 g/mol. The van der Waals surface area contributed by atoms with E-state index in [0.717, 1.165) is 0 Å². The molecule has 3 N–H and O–H groups in total. The molecule has 24 heavy (non-hydrogen) atoms. The van der Waals surface area contributed by atoms with Crippen molar-refractivity contribution < 1.29 is 9.59 Å². The summed E-state index contributed by atoms with van der Waals surface area (Å²) in [6, 6.07) is 6.62. The summed E-state index contributed by atoms with van der Waals surface area (Å²) in [4.78, 5) is 23.8. The van der Waals surface area contributed by atoms with Crippen molar-refractivity contribution >= 4 is 17.5 Å². The Bertz CT molecular complexity index is 713. The van der Waals surface area contributed by atoms with Crippen LogP contribution in [0.15, 0.2) is 24.3 Å². The molecule has 1 aromatic carbocycles. The van der Waals surface area contributed by atoms with E-state index in [-0.39, 0.29) is 24.4 Å². The van der Waals surface area contributed by atoms with Gasteiger partial charge in [-0.1, -0.05) is 6.07 Å². The number of carbonyl (C=O) groups excluding carboxylic acids is 2. The van der Waals surface area contributed by atoms with E-state index in [1.54, 1.807) is 36.0 Å². The van der Waals surface area contributed by atoms with Crippen molar-refractivity contribution in [2.24, 2.45) is 7.05 Å². The zero-order valence-corrected chi connectivity index (χ0v) is 13.9. The Morgan fingerprint density at radius 2 is 2.12 bits per heavy atom. The van der Waals surface area contributed by atoms with Crippen molar-refractivity contribution in [3.8, 4) is 0 Å². The highest BCUT2D eigenvalue weighted by Crippen LogP contribution is 2.11. The average molecular weight is 331 g/mol. The molecule has 2 aromatic rings. The molecule has 9 nitrogen and oxygen atoms in total. The van der Waals surface area contributed by atoms with E-state index in [9.17, 15) is 9.59 Å². The molecule has 0 fully saturated rings. The summed E-state index contributed by atoms with van der Waals surface area (Å²) in [7, 11) is 1.74. The molecule has 2 rings (SSSR count). The van der Waals surface area contributed by atoms with Gasteiger partial charge in [-0.3, -0.25) is 14.9 Å². The van der Waals surface area contributed by atoms with E-state index in [1.807, 2.05) is 13.8 Å². The van der Waals surface area contributed by atoms with Crippen LogP contribution >= 0.6 is 0 Å². The van der Waals surface area contributed by atoms with Crippen LogP contribution in [-0.2, 0) is 11.8 Å².